The highest BCUT2D eigenvalue weighted by Crippen LogP contribution is 2.37. The van der Waals surface area contributed by atoms with Crippen molar-refractivity contribution in [2.45, 2.75) is 77.0 Å². The van der Waals surface area contributed by atoms with Crippen LogP contribution in [0.15, 0.2) is 0 Å². The first-order valence-electron chi connectivity index (χ1n) is 7.70. The number of rotatable bonds is 6. The van der Waals surface area contributed by atoms with E-state index in [2.05, 4.69) is 5.32 Å². The highest BCUT2D eigenvalue weighted by molar-refractivity contribution is 5.67. The van der Waals surface area contributed by atoms with Gasteiger partial charge in [-0.2, -0.15) is 5.06 Å². The Kier molecular flexibility index (Phi) is 6.19. The second-order valence-electron chi connectivity index (χ2n) is 7.15. The first-order valence-corrected chi connectivity index (χ1v) is 7.70. The van der Waals surface area contributed by atoms with Crippen LogP contribution in [0, 0.1) is 0 Å². The topological polar surface area (TPSA) is 99.1 Å². The first-order chi connectivity index (χ1) is 10.0. The summed E-state index contributed by atoms with van der Waals surface area (Å²) in [5.41, 5.74) is -0.928. The molecular formula is C15H28N2O5. The van der Waals surface area contributed by atoms with Crippen molar-refractivity contribution in [2.24, 2.45) is 0 Å². The zero-order valence-electron chi connectivity index (χ0n) is 13.9. The Morgan fingerprint density at radius 1 is 1.18 bits per heavy atom. The largest absolute Gasteiger partial charge is 0.481 e. The zero-order chi connectivity index (χ0) is 17.0. The summed E-state index contributed by atoms with van der Waals surface area (Å²) >= 11 is 0. The lowest BCUT2D eigenvalue weighted by molar-refractivity contribution is -0.256. The number of hydroxylamine groups is 2. The lowest BCUT2D eigenvalue weighted by Crippen LogP contribution is -2.60. The Morgan fingerprint density at radius 2 is 1.73 bits per heavy atom. The third-order valence-electron chi connectivity index (χ3n) is 3.96. The number of hydrogen-bond acceptors (Lipinski definition) is 5. The third-order valence-corrected chi connectivity index (χ3v) is 3.96. The minimum absolute atomic E-state index is 0.105. The molecule has 0 radical (unpaired) electrons. The number of ether oxygens (including phenoxy) is 1. The molecule has 1 heterocycles. The summed E-state index contributed by atoms with van der Waals surface area (Å²) in [4.78, 5) is 22.2. The highest BCUT2D eigenvalue weighted by Gasteiger charge is 2.46. The van der Waals surface area contributed by atoms with Crippen LogP contribution in [-0.4, -0.2) is 51.2 Å². The molecule has 1 aliphatic rings. The maximum atomic E-state index is 11.8. The van der Waals surface area contributed by atoms with Gasteiger partial charge in [-0.15, -0.1) is 0 Å². The number of nitrogens with zero attached hydrogens (tertiary/aromatic N) is 1. The standard InChI is InChI=1S/C15H28N2O5/c1-14(2)9-11(10-15(3,4)17(14)21)22-13(20)16-8-6-5-7-12(18)19/h11,21H,5-10H2,1-4H3,(H,16,20)(H,18,19). The number of piperidine rings is 1. The second-order valence-corrected chi connectivity index (χ2v) is 7.15. The smallest absolute Gasteiger partial charge is 0.407 e. The number of amides is 1. The second kappa shape index (κ2) is 7.28. The van der Waals surface area contributed by atoms with Gasteiger partial charge in [-0.3, -0.25) is 4.79 Å². The van der Waals surface area contributed by atoms with E-state index in [9.17, 15) is 14.8 Å². The zero-order valence-corrected chi connectivity index (χ0v) is 13.9. The molecule has 0 spiro atoms. The van der Waals surface area contributed by atoms with Crippen LogP contribution in [0.4, 0.5) is 4.79 Å². The normalized spacial score (nSPS) is 21.3. The van der Waals surface area contributed by atoms with Crippen LogP contribution in [0.5, 0.6) is 0 Å². The van der Waals surface area contributed by atoms with E-state index in [-0.39, 0.29) is 12.5 Å². The van der Waals surface area contributed by atoms with Crippen LogP contribution in [0.1, 0.15) is 59.8 Å². The van der Waals surface area contributed by atoms with Crippen LogP contribution >= 0.6 is 0 Å². The number of carboxylic acids is 1. The number of nitrogens with one attached hydrogen (secondary N) is 1. The number of carbonyl (C=O) groups excluding carboxylic acids is 1. The minimum Gasteiger partial charge on any atom is -0.481 e. The molecule has 7 heteroatoms. The number of alkyl carbamates (subject to hydrolysis) is 1. The Morgan fingerprint density at radius 3 is 2.23 bits per heavy atom. The van der Waals surface area contributed by atoms with Gasteiger partial charge >= 0.3 is 12.1 Å². The fraction of sp³-hybridized carbons (Fsp3) is 0.867. The molecule has 0 aliphatic carbocycles. The molecule has 3 N–H and O–H groups in total. The van der Waals surface area contributed by atoms with E-state index >= 15 is 0 Å². The summed E-state index contributed by atoms with van der Waals surface area (Å²) in [5, 5.41) is 22.7. The molecule has 0 atom stereocenters. The predicted molar refractivity (Wildman–Crippen MR) is 80.8 cm³/mol. The predicted octanol–water partition coefficient (Wildman–Crippen LogP) is 2.38. The van der Waals surface area contributed by atoms with Crippen molar-refractivity contribution in [1.82, 2.24) is 10.4 Å². The summed E-state index contributed by atoms with van der Waals surface area (Å²) in [5.74, 6) is -0.831. The van der Waals surface area contributed by atoms with Crippen molar-refractivity contribution in [2.75, 3.05) is 6.54 Å². The van der Waals surface area contributed by atoms with Gasteiger partial charge in [0.1, 0.15) is 6.10 Å². The summed E-state index contributed by atoms with van der Waals surface area (Å²) < 4.78 is 5.43. The van der Waals surface area contributed by atoms with Gasteiger partial charge in [0, 0.05) is 36.9 Å². The van der Waals surface area contributed by atoms with Crippen molar-refractivity contribution in [3.05, 3.63) is 0 Å². The van der Waals surface area contributed by atoms with Gasteiger partial charge < -0.3 is 20.4 Å². The molecule has 0 aromatic heterocycles. The fourth-order valence-corrected chi connectivity index (χ4v) is 3.05. The fourth-order valence-electron chi connectivity index (χ4n) is 3.05. The molecule has 0 bridgehead atoms. The molecular weight excluding hydrogens is 288 g/mol. The van der Waals surface area contributed by atoms with E-state index in [1.54, 1.807) is 0 Å². The number of unbranched alkanes of at least 4 members (excludes halogenated alkanes) is 1. The quantitative estimate of drug-likeness (QED) is 0.651. The highest BCUT2D eigenvalue weighted by atomic mass is 16.6. The molecule has 128 valence electrons. The lowest BCUT2D eigenvalue weighted by atomic mass is 9.80. The summed E-state index contributed by atoms with van der Waals surface area (Å²) in [6.07, 6.45) is 1.60. The molecule has 0 unspecified atom stereocenters. The van der Waals surface area contributed by atoms with Crippen LogP contribution in [0.25, 0.3) is 0 Å². The van der Waals surface area contributed by atoms with Gasteiger partial charge in [-0.1, -0.05) is 0 Å². The molecule has 0 aromatic rings. The Bertz CT molecular complexity index is 391. The molecule has 0 saturated carbocycles. The molecule has 1 amide bonds. The molecule has 1 saturated heterocycles. The van der Waals surface area contributed by atoms with Crippen molar-refractivity contribution in [3.63, 3.8) is 0 Å². The molecule has 0 aromatic carbocycles. The van der Waals surface area contributed by atoms with Crippen molar-refractivity contribution >= 4 is 12.1 Å². The number of hydrogen-bond donors (Lipinski definition) is 3. The summed E-state index contributed by atoms with van der Waals surface area (Å²) in [6.45, 7) is 8.04. The van der Waals surface area contributed by atoms with Crippen LogP contribution in [0.2, 0.25) is 0 Å². The number of aliphatic carboxylic acids is 1. The summed E-state index contributed by atoms with van der Waals surface area (Å²) in [7, 11) is 0. The van der Waals surface area contributed by atoms with Crippen LogP contribution in [0.3, 0.4) is 0 Å². The van der Waals surface area contributed by atoms with Crippen molar-refractivity contribution in [1.29, 1.82) is 0 Å². The number of carboxylic acid groups (broad SMARTS) is 1. The van der Waals surface area contributed by atoms with Gasteiger partial charge in [0.2, 0.25) is 0 Å². The Labute approximate surface area is 131 Å². The van der Waals surface area contributed by atoms with Gasteiger partial charge in [0.25, 0.3) is 0 Å². The molecule has 1 aliphatic heterocycles. The monoisotopic (exact) mass is 316 g/mol. The SMILES string of the molecule is CC1(C)CC(OC(=O)NCCCCC(=O)O)CC(C)(C)N1O. The maximum Gasteiger partial charge on any atom is 0.407 e. The van der Waals surface area contributed by atoms with E-state index in [0.29, 0.717) is 32.2 Å². The van der Waals surface area contributed by atoms with E-state index < -0.39 is 23.1 Å². The van der Waals surface area contributed by atoms with Crippen molar-refractivity contribution < 1.29 is 24.6 Å². The van der Waals surface area contributed by atoms with Gasteiger partial charge in [-0.05, 0) is 40.5 Å². The maximum absolute atomic E-state index is 11.8. The Balaban J connectivity index is 2.37. The first kappa shape index (κ1) is 18.7. The average molecular weight is 316 g/mol. The average Bonchev–Trinajstić information content (AvgIpc) is 2.34. The Hall–Kier alpha value is -1.34. The summed E-state index contributed by atoms with van der Waals surface area (Å²) in [6, 6.07) is 0. The van der Waals surface area contributed by atoms with E-state index in [4.69, 9.17) is 9.84 Å². The van der Waals surface area contributed by atoms with E-state index in [1.807, 2.05) is 27.7 Å². The minimum atomic E-state index is -0.831. The number of carbonyl (C=O) groups is 2. The van der Waals surface area contributed by atoms with E-state index in [0.717, 1.165) is 0 Å². The molecule has 1 fully saturated rings. The van der Waals surface area contributed by atoms with Crippen LogP contribution < -0.4 is 5.32 Å². The van der Waals surface area contributed by atoms with Crippen molar-refractivity contribution in [3.8, 4) is 0 Å². The molecule has 7 nitrogen and oxygen atoms in total. The lowest BCUT2D eigenvalue weighted by Gasteiger charge is -2.50. The van der Waals surface area contributed by atoms with Gasteiger partial charge in [-0.25, -0.2) is 4.79 Å². The third kappa shape index (κ3) is 5.46. The molecule has 1 rings (SSSR count). The van der Waals surface area contributed by atoms with Gasteiger partial charge in [0.15, 0.2) is 0 Å². The van der Waals surface area contributed by atoms with Gasteiger partial charge in [0.05, 0.1) is 0 Å². The van der Waals surface area contributed by atoms with E-state index in [1.165, 1.54) is 5.06 Å². The molecule has 22 heavy (non-hydrogen) atoms. The van der Waals surface area contributed by atoms with Crippen LogP contribution in [-0.2, 0) is 9.53 Å².